The number of nitrogens with zero attached hydrogens (tertiary/aromatic N) is 4. The van der Waals surface area contributed by atoms with Crippen LogP contribution in [0, 0.1) is 0 Å². The topological polar surface area (TPSA) is 115 Å². The highest BCUT2D eigenvalue weighted by atomic mass is 16.2. The maximum absolute atomic E-state index is 12.4. The summed E-state index contributed by atoms with van der Waals surface area (Å²) < 4.78 is 0. The molecule has 0 radical (unpaired) electrons. The smallest absolute Gasteiger partial charge is 0.326 e. The highest BCUT2D eigenvalue weighted by Crippen LogP contribution is 2.24. The lowest BCUT2D eigenvalue weighted by Crippen LogP contribution is -2.60. The SMILES string of the molecule is CN(C(=O)c1cc(=O)[nH]c(=O)[nH]1)C1CN(c2ccc(C(C)(C)C)nn2)C1. The Labute approximate surface area is 150 Å². The summed E-state index contributed by atoms with van der Waals surface area (Å²) in [7, 11) is 1.65. The van der Waals surface area contributed by atoms with E-state index in [2.05, 4.69) is 36.0 Å². The van der Waals surface area contributed by atoms with E-state index in [4.69, 9.17) is 0 Å². The Morgan fingerprint density at radius 3 is 2.42 bits per heavy atom. The average molecular weight is 358 g/mol. The minimum absolute atomic E-state index is 0.0194. The first-order chi connectivity index (χ1) is 12.1. The number of likely N-dealkylation sites (N-methyl/N-ethyl adjacent to an activating group) is 1. The van der Waals surface area contributed by atoms with Crippen molar-refractivity contribution in [3.63, 3.8) is 0 Å². The zero-order chi connectivity index (χ0) is 19.1. The lowest BCUT2D eigenvalue weighted by atomic mass is 9.92. The zero-order valence-electron chi connectivity index (χ0n) is 15.2. The van der Waals surface area contributed by atoms with E-state index >= 15 is 0 Å². The van der Waals surface area contributed by atoms with Crippen LogP contribution < -0.4 is 16.1 Å². The van der Waals surface area contributed by atoms with Gasteiger partial charge in [-0.3, -0.25) is 14.6 Å². The molecule has 9 nitrogen and oxygen atoms in total. The molecular weight excluding hydrogens is 336 g/mol. The summed E-state index contributed by atoms with van der Waals surface area (Å²) in [6, 6.07) is 4.95. The van der Waals surface area contributed by atoms with E-state index in [0.717, 1.165) is 17.6 Å². The number of rotatable bonds is 3. The predicted octanol–water partition coefficient (Wildman–Crippen LogP) is 0.112. The van der Waals surface area contributed by atoms with Crippen molar-refractivity contribution in [2.24, 2.45) is 0 Å². The van der Waals surface area contributed by atoms with Crippen LogP contribution in [0.4, 0.5) is 5.82 Å². The summed E-state index contributed by atoms with van der Waals surface area (Å²) in [6.45, 7) is 7.46. The summed E-state index contributed by atoms with van der Waals surface area (Å²) in [5, 5.41) is 8.54. The van der Waals surface area contributed by atoms with Gasteiger partial charge in [0.2, 0.25) is 0 Å². The van der Waals surface area contributed by atoms with E-state index < -0.39 is 17.2 Å². The van der Waals surface area contributed by atoms with E-state index in [-0.39, 0.29) is 17.2 Å². The number of anilines is 1. The quantitative estimate of drug-likeness (QED) is 0.805. The first-order valence-corrected chi connectivity index (χ1v) is 8.35. The number of carbonyl (C=O) groups is 1. The van der Waals surface area contributed by atoms with E-state index in [0.29, 0.717) is 13.1 Å². The fourth-order valence-corrected chi connectivity index (χ4v) is 2.72. The molecule has 1 aliphatic rings. The molecule has 0 aliphatic carbocycles. The van der Waals surface area contributed by atoms with Crippen molar-refractivity contribution < 1.29 is 4.79 Å². The van der Waals surface area contributed by atoms with Gasteiger partial charge in [-0.1, -0.05) is 20.8 Å². The fourth-order valence-electron chi connectivity index (χ4n) is 2.72. The molecule has 0 bridgehead atoms. The second kappa shape index (κ2) is 6.40. The first-order valence-electron chi connectivity index (χ1n) is 8.35. The normalized spacial score (nSPS) is 14.8. The highest BCUT2D eigenvalue weighted by Gasteiger charge is 2.34. The molecule has 0 atom stereocenters. The molecule has 3 rings (SSSR count). The van der Waals surface area contributed by atoms with Gasteiger partial charge >= 0.3 is 5.69 Å². The molecule has 138 valence electrons. The highest BCUT2D eigenvalue weighted by molar-refractivity contribution is 5.92. The van der Waals surface area contributed by atoms with Crippen molar-refractivity contribution >= 4 is 11.7 Å². The number of aromatic amines is 2. The van der Waals surface area contributed by atoms with Gasteiger partial charge in [0.25, 0.3) is 11.5 Å². The zero-order valence-corrected chi connectivity index (χ0v) is 15.2. The molecule has 26 heavy (non-hydrogen) atoms. The van der Waals surface area contributed by atoms with Crippen LogP contribution in [0.1, 0.15) is 37.0 Å². The lowest BCUT2D eigenvalue weighted by molar-refractivity contribution is 0.0698. The average Bonchev–Trinajstić information content (AvgIpc) is 2.51. The van der Waals surface area contributed by atoms with Crippen LogP contribution in [0.5, 0.6) is 0 Å². The number of hydrogen-bond acceptors (Lipinski definition) is 6. The third-order valence-corrected chi connectivity index (χ3v) is 4.46. The van der Waals surface area contributed by atoms with Crippen molar-refractivity contribution in [2.45, 2.75) is 32.2 Å². The molecule has 2 aromatic heterocycles. The Bertz CT molecular complexity index is 891. The molecule has 0 aromatic carbocycles. The van der Waals surface area contributed by atoms with E-state index in [1.165, 1.54) is 4.90 Å². The van der Waals surface area contributed by atoms with Crippen LogP contribution >= 0.6 is 0 Å². The standard InChI is InChI=1S/C17H22N6O3/c1-17(2,3)12-5-6-13(21-20-12)23-8-10(9-23)22(4)15(25)11-7-14(24)19-16(26)18-11/h5-7,10H,8-9H2,1-4H3,(H2,18,19,24,26). The van der Waals surface area contributed by atoms with Gasteiger partial charge in [0.15, 0.2) is 5.82 Å². The first kappa shape index (κ1) is 17.8. The molecule has 0 spiro atoms. The lowest BCUT2D eigenvalue weighted by Gasteiger charge is -2.44. The number of nitrogens with one attached hydrogen (secondary N) is 2. The molecule has 0 unspecified atom stereocenters. The summed E-state index contributed by atoms with van der Waals surface area (Å²) in [5.74, 6) is 0.367. The van der Waals surface area contributed by atoms with Gasteiger partial charge in [0.1, 0.15) is 5.69 Å². The summed E-state index contributed by atoms with van der Waals surface area (Å²) in [5.41, 5.74) is -0.452. The van der Waals surface area contributed by atoms with Crippen molar-refractivity contribution in [1.82, 2.24) is 25.1 Å². The number of aromatic nitrogens is 4. The molecule has 2 aromatic rings. The Hall–Kier alpha value is -2.97. The van der Waals surface area contributed by atoms with Gasteiger partial charge in [-0.15, -0.1) is 5.10 Å². The molecule has 2 N–H and O–H groups in total. The van der Waals surface area contributed by atoms with Gasteiger partial charge in [-0.05, 0) is 12.1 Å². The molecule has 1 aliphatic heterocycles. The Morgan fingerprint density at radius 2 is 1.88 bits per heavy atom. The second-order valence-corrected chi connectivity index (χ2v) is 7.50. The Morgan fingerprint density at radius 1 is 1.19 bits per heavy atom. The minimum Gasteiger partial charge on any atom is -0.351 e. The maximum Gasteiger partial charge on any atom is 0.326 e. The molecule has 3 heterocycles. The van der Waals surface area contributed by atoms with Gasteiger partial charge in [-0.25, -0.2) is 4.79 Å². The summed E-state index contributed by atoms with van der Waals surface area (Å²) >= 11 is 0. The van der Waals surface area contributed by atoms with Gasteiger partial charge in [0, 0.05) is 31.6 Å². The van der Waals surface area contributed by atoms with E-state index in [1.54, 1.807) is 7.05 Å². The van der Waals surface area contributed by atoms with Crippen molar-refractivity contribution in [3.8, 4) is 0 Å². The van der Waals surface area contributed by atoms with Crippen LogP contribution in [0.15, 0.2) is 27.8 Å². The molecule has 1 fully saturated rings. The Kier molecular flexibility index (Phi) is 4.39. The Balaban J connectivity index is 1.64. The molecule has 9 heteroatoms. The van der Waals surface area contributed by atoms with Crippen LogP contribution in [0.25, 0.3) is 0 Å². The van der Waals surface area contributed by atoms with Crippen molar-refractivity contribution in [1.29, 1.82) is 0 Å². The van der Waals surface area contributed by atoms with E-state index in [9.17, 15) is 14.4 Å². The van der Waals surface area contributed by atoms with Gasteiger partial charge < -0.3 is 14.8 Å². The van der Waals surface area contributed by atoms with Crippen molar-refractivity contribution in [2.75, 3.05) is 25.0 Å². The summed E-state index contributed by atoms with van der Waals surface area (Å²) in [4.78, 5) is 43.1. The molecule has 1 saturated heterocycles. The van der Waals surface area contributed by atoms with Crippen molar-refractivity contribution in [3.05, 3.63) is 50.4 Å². The van der Waals surface area contributed by atoms with Crippen LogP contribution in [-0.2, 0) is 5.41 Å². The maximum atomic E-state index is 12.4. The minimum atomic E-state index is -0.696. The monoisotopic (exact) mass is 358 g/mol. The van der Waals surface area contributed by atoms with Crippen LogP contribution in [0.2, 0.25) is 0 Å². The number of amides is 1. The largest absolute Gasteiger partial charge is 0.351 e. The van der Waals surface area contributed by atoms with Crippen LogP contribution in [0.3, 0.4) is 0 Å². The van der Waals surface area contributed by atoms with Crippen LogP contribution in [-0.4, -0.2) is 57.2 Å². The third kappa shape index (κ3) is 3.51. The number of carbonyl (C=O) groups excluding carboxylic acids is 1. The fraction of sp³-hybridized carbons (Fsp3) is 0.471. The molecule has 1 amide bonds. The molecule has 0 saturated carbocycles. The summed E-state index contributed by atoms with van der Waals surface area (Å²) in [6.07, 6.45) is 0. The third-order valence-electron chi connectivity index (χ3n) is 4.46. The van der Waals surface area contributed by atoms with E-state index in [1.807, 2.05) is 22.0 Å². The number of hydrogen-bond donors (Lipinski definition) is 2. The molecular formula is C17H22N6O3. The van der Waals surface area contributed by atoms with Gasteiger partial charge in [0.05, 0.1) is 11.7 Å². The second-order valence-electron chi connectivity index (χ2n) is 7.50. The predicted molar refractivity (Wildman–Crippen MR) is 96.5 cm³/mol. The van der Waals surface area contributed by atoms with Gasteiger partial charge in [-0.2, -0.15) is 5.10 Å². The number of H-pyrrole nitrogens is 2.